The minimum absolute atomic E-state index is 0.202. The zero-order valence-electron chi connectivity index (χ0n) is 14.0. The summed E-state index contributed by atoms with van der Waals surface area (Å²) in [6.07, 6.45) is 2.94. The van der Waals surface area contributed by atoms with Gasteiger partial charge in [-0.2, -0.15) is 0 Å². The molecule has 2 N–H and O–H groups in total. The number of carbonyl (C=O) groups is 1. The Bertz CT molecular complexity index is 426. The normalized spacial score (nSPS) is 12.4. The first-order valence-corrected chi connectivity index (χ1v) is 8.17. The Morgan fingerprint density at radius 2 is 1.86 bits per heavy atom. The third-order valence-electron chi connectivity index (χ3n) is 3.76. The average molecular weight is 307 g/mol. The zero-order valence-corrected chi connectivity index (χ0v) is 14.0. The summed E-state index contributed by atoms with van der Waals surface area (Å²) in [7, 11) is 0. The highest BCUT2D eigenvalue weighted by Crippen LogP contribution is 2.13. The minimum Gasteiger partial charge on any atom is -0.491 e. The van der Waals surface area contributed by atoms with Gasteiger partial charge >= 0.3 is 0 Å². The van der Waals surface area contributed by atoms with Crippen LogP contribution in [0.15, 0.2) is 24.3 Å². The molecule has 0 aliphatic rings. The van der Waals surface area contributed by atoms with E-state index >= 15 is 0 Å². The Kier molecular flexibility index (Phi) is 8.78. The predicted octanol–water partition coefficient (Wildman–Crippen LogP) is 2.73. The molecule has 0 saturated heterocycles. The summed E-state index contributed by atoms with van der Waals surface area (Å²) in [5.74, 6) is 0.946. The van der Waals surface area contributed by atoms with Crippen LogP contribution in [0.2, 0.25) is 0 Å². The van der Waals surface area contributed by atoms with E-state index in [1.807, 2.05) is 24.3 Å². The molecule has 0 aliphatic heterocycles. The van der Waals surface area contributed by atoms with E-state index in [1.54, 1.807) is 6.92 Å². The fourth-order valence-electron chi connectivity index (χ4n) is 2.20. The summed E-state index contributed by atoms with van der Waals surface area (Å²) in [6.45, 7) is 6.70. The number of ketones is 1. The van der Waals surface area contributed by atoms with Crippen LogP contribution in [0.1, 0.15) is 45.6 Å². The number of hydrogen-bond acceptors (Lipinski definition) is 4. The highest BCUT2D eigenvalue weighted by atomic mass is 16.5. The van der Waals surface area contributed by atoms with E-state index in [2.05, 4.69) is 19.2 Å². The first-order chi connectivity index (χ1) is 10.5. The van der Waals surface area contributed by atoms with Gasteiger partial charge in [0, 0.05) is 19.0 Å². The molecule has 0 fully saturated rings. The topological polar surface area (TPSA) is 58.6 Å². The number of rotatable bonds is 11. The van der Waals surface area contributed by atoms with Crippen molar-refractivity contribution in [1.82, 2.24) is 5.32 Å². The Morgan fingerprint density at radius 1 is 1.23 bits per heavy atom. The van der Waals surface area contributed by atoms with Crippen molar-refractivity contribution in [2.75, 3.05) is 13.2 Å². The second kappa shape index (κ2) is 10.4. The smallest absolute Gasteiger partial charge is 0.130 e. The van der Waals surface area contributed by atoms with E-state index in [9.17, 15) is 9.90 Å². The molecule has 0 unspecified atom stereocenters. The summed E-state index contributed by atoms with van der Waals surface area (Å²) < 4.78 is 5.59. The molecule has 22 heavy (non-hydrogen) atoms. The van der Waals surface area contributed by atoms with E-state index in [0.29, 0.717) is 19.0 Å². The van der Waals surface area contributed by atoms with Crippen LogP contribution in [0.4, 0.5) is 0 Å². The van der Waals surface area contributed by atoms with Gasteiger partial charge in [-0.05, 0) is 43.9 Å². The van der Waals surface area contributed by atoms with Crippen LogP contribution < -0.4 is 10.1 Å². The van der Waals surface area contributed by atoms with E-state index < -0.39 is 6.10 Å². The van der Waals surface area contributed by atoms with Crippen LogP contribution in [-0.4, -0.2) is 36.2 Å². The summed E-state index contributed by atoms with van der Waals surface area (Å²) in [5.41, 5.74) is 1.12. The number of nitrogens with one attached hydrogen (secondary N) is 1. The highest BCUT2D eigenvalue weighted by Gasteiger charge is 2.08. The SMILES string of the molecule is CCC(CC)NC[C@H](O)COc1ccc(CCC(C)=O)cc1. The van der Waals surface area contributed by atoms with Crippen LogP contribution in [0.3, 0.4) is 0 Å². The molecule has 0 amide bonds. The first kappa shape index (κ1) is 18.7. The van der Waals surface area contributed by atoms with E-state index in [-0.39, 0.29) is 12.4 Å². The summed E-state index contributed by atoms with van der Waals surface area (Å²) in [5, 5.41) is 13.3. The van der Waals surface area contributed by atoms with Gasteiger partial charge in [0.25, 0.3) is 0 Å². The van der Waals surface area contributed by atoms with Crippen molar-refractivity contribution in [1.29, 1.82) is 0 Å². The lowest BCUT2D eigenvalue weighted by Crippen LogP contribution is -2.37. The Hall–Kier alpha value is -1.39. The summed E-state index contributed by atoms with van der Waals surface area (Å²) >= 11 is 0. The molecule has 1 atom stereocenters. The minimum atomic E-state index is -0.516. The number of hydrogen-bond donors (Lipinski definition) is 2. The molecule has 0 radical (unpaired) electrons. The fourth-order valence-corrected chi connectivity index (χ4v) is 2.20. The maximum absolute atomic E-state index is 11.0. The molecule has 0 heterocycles. The number of Topliss-reactive ketones (excluding diaryl/α,β-unsaturated/α-hetero) is 1. The van der Waals surface area contributed by atoms with Gasteiger partial charge in [-0.3, -0.25) is 0 Å². The molecule has 1 rings (SSSR count). The monoisotopic (exact) mass is 307 g/mol. The molecular weight excluding hydrogens is 278 g/mol. The lowest BCUT2D eigenvalue weighted by Gasteiger charge is -2.18. The van der Waals surface area contributed by atoms with E-state index in [1.165, 1.54) is 0 Å². The van der Waals surface area contributed by atoms with Gasteiger partial charge in [0.15, 0.2) is 0 Å². The van der Waals surface area contributed by atoms with Crippen molar-refractivity contribution in [2.45, 2.75) is 58.6 Å². The molecule has 0 bridgehead atoms. The standard InChI is InChI=1S/C18H29NO3/c1-4-16(5-2)19-12-17(21)13-22-18-10-8-15(9-11-18)7-6-14(3)20/h8-11,16-17,19,21H,4-7,12-13H2,1-3H3/t17-/m0/s1. The van der Waals surface area contributed by atoms with Crippen molar-refractivity contribution < 1.29 is 14.6 Å². The summed E-state index contributed by atoms with van der Waals surface area (Å²) in [6, 6.07) is 8.16. The predicted molar refractivity (Wildman–Crippen MR) is 89.3 cm³/mol. The molecule has 1 aromatic rings. The molecule has 0 saturated carbocycles. The number of benzene rings is 1. The first-order valence-electron chi connectivity index (χ1n) is 8.17. The van der Waals surface area contributed by atoms with E-state index in [0.717, 1.165) is 30.6 Å². The van der Waals surface area contributed by atoms with Crippen molar-refractivity contribution in [3.8, 4) is 5.75 Å². The summed E-state index contributed by atoms with van der Waals surface area (Å²) in [4.78, 5) is 11.0. The lowest BCUT2D eigenvalue weighted by atomic mass is 10.1. The van der Waals surface area contributed by atoms with Gasteiger partial charge in [0.05, 0.1) is 0 Å². The van der Waals surface area contributed by atoms with Gasteiger partial charge in [0.1, 0.15) is 24.2 Å². The van der Waals surface area contributed by atoms with Gasteiger partial charge < -0.3 is 20.0 Å². The van der Waals surface area contributed by atoms with Crippen LogP contribution in [0.25, 0.3) is 0 Å². The van der Waals surface area contributed by atoms with Gasteiger partial charge in [-0.25, -0.2) is 0 Å². The largest absolute Gasteiger partial charge is 0.491 e. The van der Waals surface area contributed by atoms with Gasteiger partial charge in [-0.1, -0.05) is 26.0 Å². The van der Waals surface area contributed by atoms with Gasteiger partial charge in [0.2, 0.25) is 0 Å². The van der Waals surface area contributed by atoms with Crippen molar-refractivity contribution >= 4 is 5.78 Å². The van der Waals surface area contributed by atoms with E-state index in [4.69, 9.17) is 4.74 Å². The third-order valence-corrected chi connectivity index (χ3v) is 3.76. The number of ether oxygens (including phenoxy) is 1. The van der Waals surface area contributed by atoms with Crippen LogP contribution in [0.5, 0.6) is 5.75 Å². The quantitative estimate of drug-likeness (QED) is 0.660. The molecule has 0 spiro atoms. The molecular formula is C18H29NO3. The van der Waals surface area contributed by atoms with Crippen molar-refractivity contribution in [3.63, 3.8) is 0 Å². The Balaban J connectivity index is 2.30. The fraction of sp³-hybridized carbons (Fsp3) is 0.611. The zero-order chi connectivity index (χ0) is 16.4. The van der Waals surface area contributed by atoms with Crippen molar-refractivity contribution in [2.24, 2.45) is 0 Å². The maximum Gasteiger partial charge on any atom is 0.130 e. The lowest BCUT2D eigenvalue weighted by molar-refractivity contribution is -0.116. The second-order valence-electron chi connectivity index (χ2n) is 5.73. The average Bonchev–Trinajstić information content (AvgIpc) is 2.52. The molecule has 0 aliphatic carbocycles. The molecule has 124 valence electrons. The maximum atomic E-state index is 11.0. The number of aliphatic hydroxyl groups is 1. The third kappa shape index (κ3) is 7.57. The second-order valence-corrected chi connectivity index (χ2v) is 5.73. The highest BCUT2D eigenvalue weighted by molar-refractivity contribution is 5.75. The van der Waals surface area contributed by atoms with Crippen LogP contribution >= 0.6 is 0 Å². The molecule has 4 heteroatoms. The Morgan fingerprint density at radius 3 is 2.41 bits per heavy atom. The number of aryl methyl sites for hydroxylation is 1. The van der Waals surface area contributed by atoms with Crippen LogP contribution in [-0.2, 0) is 11.2 Å². The van der Waals surface area contributed by atoms with Crippen LogP contribution in [0, 0.1) is 0 Å². The van der Waals surface area contributed by atoms with Gasteiger partial charge in [-0.15, -0.1) is 0 Å². The molecule has 4 nitrogen and oxygen atoms in total. The molecule has 1 aromatic carbocycles. The Labute approximate surface area is 133 Å². The van der Waals surface area contributed by atoms with Crippen molar-refractivity contribution in [3.05, 3.63) is 29.8 Å². The number of aliphatic hydroxyl groups excluding tert-OH is 1. The molecule has 0 aromatic heterocycles. The number of carbonyl (C=O) groups excluding carboxylic acids is 1.